The molecule has 28 nitrogen and oxygen atoms in total. The maximum Gasteiger partial charge on any atom is 0.366 e. The monoisotopic (exact) mass is 1190 g/mol. The first-order valence-electron chi connectivity index (χ1n) is 26.0. The lowest BCUT2D eigenvalue weighted by Crippen LogP contribution is -2.72. The highest BCUT2D eigenvalue weighted by molar-refractivity contribution is 7.99. The Kier molecular flexibility index (Phi) is 24.0. The van der Waals surface area contributed by atoms with E-state index < -0.39 is 189 Å². The van der Waals surface area contributed by atoms with Gasteiger partial charge >= 0.3 is 59.7 Å². The summed E-state index contributed by atoms with van der Waals surface area (Å²) in [4.78, 5) is 145. The number of aryl methyl sites for hydroxylation is 2. The molecule has 4 heterocycles. The molecule has 0 spiro atoms. The van der Waals surface area contributed by atoms with E-state index >= 15 is 0 Å². The van der Waals surface area contributed by atoms with E-state index in [1.807, 2.05) is 34.9 Å². The lowest BCUT2D eigenvalue weighted by atomic mass is 9.87. The molecule has 1 aromatic heterocycles. The van der Waals surface area contributed by atoms with Crippen LogP contribution in [0.15, 0.2) is 47.4 Å². The van der Waals surface area contributed by atoms with Gasteiger partial charge in [-0.25, -0.2) is 4.79 Å². The molecule has 3 aliphatic heterocycles. The molecule has 0 bridgehead atoms. The van der Waals surface area contributed by atoms with Crippen LogP contribution in [0.3, 0.4) is 0 Å². The molecule has 16 atom stereocenters. The van der Waals surface area contributed by atoms with Gasteiger partial charge in [-0.2, -0.15) is 0 Å². The molecule has 1 amide bonds. The molecule has 0 unspecified atom stereocenters. The standard InChI is InChI=1S/C54H70N2O26S/c1-25-19-20-26(2)56(25)43-48(76-35(11)65)45(41(24-71-30(6)60)79-52(43)83-37-17-15-14-16-18-37)80-51-50(77-36(12)66)49(46(75-34(10)64)40(78-51)23-70-29(5)59)82-54(53(67)68-13)21-38(72-31(7)61)42(55-27(3)57)47(81-54)44(74-33(9)63)39(73-32(8)62)22-69-28(4)58/h14-20,38-52H,21-24H2,1-13H3,(H,55,57)/t38-,39+,40+,41+,42+,43+,44+,45+,46-,47-,48+,49-,50+,51-,52-,54-/m0/s1. The average molecular weight is 1200 g/mol. The summed E-state index contributed by atoms with van der Waals surface area (Å²) in [7, 11) is 0.875. The molecular formula is C54H70N2O26S. The van der Waals surface area contributed by atoms with Crippen molar-refractivity contribution in [3.8, 4) is 0 Å². The van der Waals surface area contributed by atoms with E-state index in [0.717, 1.165) is 76.3 Å². The summed E-state index contributed by atoms with van der Waals surface area (Å²) in [6.07, 6.45) is -23.3. The van der Waals surface area contributed by atoms with E-state index in [2.05, 4.69) is 5.32 Å². The smallest absolute Gasteiger partial charge is 0.366 e. The Morgan fingerprint density at radius 1 is 0.614 bits per heavy atom. The number of thioether (sulfide) groups is 1. The van der Waals surface area contributed by atoms with Gasteiger partial charge in [-0.15, -0.1) is 0 Å². The zero-order chi connectivity index (χ0) is 61.6. The lowest BCUT2D eigenvalue weighted by molar-refractivity contribution is -0.380. The van der Waals surface area contributed by atoms with Gasteiger partial charge in [-0.05, 0) is 38.1 Å². The molecule has 2 aromatic rings. The maximum atomic E-state index is 14.9. The predicted molar refractivity (Wildman–Crippen MR) is 277 cm³/mol. The van der Waals surface area contributed by atoms with E-state index in [1.165, 1.54) is 11.8 Å². The number of carbonyl (C=O) groups is 11. The Bertz CT molecular complexity index is 2660. The number of esters is 10. The summed E-state index contributed by atoms with van der Waals surface area (Å²) in [5.74, 6) is -14.1. The van der Waals surface area contributed by atoms with Crippen molar-refractivity contribution < 1.29 is 124 Å². The fraction of sp³-hybridized carbons (Fsp3) is 0.611. The van der Waals surface area contributed by atoms with Crippen LogP contribution in [0, 0.1) is 13.8 Å². The molecule has 3 fully saturated rings. The van der Waals surface area contributed by atoms with Crippen LogP contribution in [0.1, 0.15) is 93.1 Å². The third kappa shape index (κ3) is 18.2. The van der Waals surface area contributed by atoms with Gasteiger partial charge in [0.05, 0.1) is 19.6 Å². The van der Waals surface area contributed by atoms with Crippen LogP contribution in [0.25, 0.3) is 0 Å². The van der Waals surface area contributed by atoms with E-state index in [1.54, 1.807) is 26.0 Å². The minimum atomic E-state index is -3.10. The molecule has 5 rings (SSSR count). The number of carbonyl (C=O) groups excluding carboxylic acids is 11. The number of benzene rings is 1. The molecule has 3 saturated heterocycles. The molecule has 3 aliphatic rings. The fourth-order valence-electron chi connectivity index (χ4n) is 9.87. The van der Waals surface area contributed by atoms with Gasteiger partial charge in [0.25, 0.3) is 5.79 Å². The van der Waals surface area contributed by atoms with E-state index in [9.17, 15) is 52.7 Å². The third-order valence-electron chi connectivity index (χ3n) is 12.7. The molecule has 83 heavy (non-hydrogen) atoms. The number of nitrogens with one attached hydrogen (secondary N) is 1. The van der Waals surface area contributed by atoms with Crippen molar-refractivity contribution in [2.24, 2.45) is 0 Å². The first kappa shape index (κ1) is 66.6. The van der Waals surface area contributed by atoms with Crippen molar-refractivity contribution in [2.75, 3.05) is 26.9 Å². The SMILES string of the molecule is COC(=O)[C@@]1(O[C@H]2[C@@H](OC(C)=O)[C@@H](COC(C)=O)O[C@@H](O[C@H]3[C@H](OC(C)=O)[C@@H](n4c(C)ccc4C)[C@H](Sc4ccccc4)O[C@@H]3COC(C)=O)[C@@H]2OC(C)=O)C[C@H](OC(C)=O)[C@@H](NC(C)=O)[C@@H]([C@H](OC(C)=O)[C@@H](COC(C)=O)OC(C)=O)O1. The molecule has 458 valence electrons. The summed E-state index contributed by atoms with van der Waals surface area (Å²) in [5.41, 5.74) is 0.379. The Hall–Kier alpha value is -7.18. The van der Waals surface area contributed by atoms with Crippen molar-refractivity contribution in [1.29, 1.82) is 0 Å². The van der Waals surface area contributed by atoms with Crippen LogP contribution < -0.4 is 5.32 Å². The quantitative estimate of drug-likeness (QED) is 0.123. The minimum Gasteiger partial charge on any atom is -0.465 e. The van der Waals surface area contributed by atoms with Gasteiger partial charge in [0.1, 0.15) is 67.9 Å². The molecule has 1 N–H and O–H groups in total. The highest BCUT2D eigenvalue weighted by Crippen LogP contribution is 2.46. The van der Waals surface area contributed by atoms with Gasteiger partial charge in [-0.3, -0.25) is 47.9 Å². The number of hydrogen-bond donors (Lipinski definition) is 1. The zero-order valence-corrected chi connectivity index (χ0v) is 48.8. The van der Waals surface area contributed by atoms with E-state index in [0.29, 0.717) is 16.3 Å². The third-order valence-corrected chi connectivity index (χ3v) is 13.9. The zero-order valence-electron chi connectivity index (χ0n) is 48.0. The van der Waals surface area contributed by atoms with Crippen molar-refractivity contribution in [1.82, 2.24) is 9.88 Å². The van der Waals surface area contributed by atoms with Crippen LogP contribution in [0.4, 0.5) is 0 Å². The highest BCUT2D eigenvalue weighted by Gasteiger charge is 2.64. The Balaban J connectivity index is 1.83. The van der Waals surface area contributed by atoms with Gasteiger partial charge in [0.15, 0.2) is 36.8 Å². The number of ether oxygens (including phenoxy) is 15. The summed E-state index contributed by atoms with van der Waals surface area (Å²) in [6.45, 7) is 11.5. The van der Waals surface area contributed by atoms with Gasteiger partial charge in [-0.1, -0.05) is 30.0 Å². The number of nitrogens with zero attached hydrogens (tertiary/aromatic N) is 1. The summed E-state index contributed by atoms with van der Waals surface area (Å²) >= 11 is 1.24. The van der Waals surface area contributed by atoms with Gasteiger partial charge < -0.3 is 80.9 Å². The van der Waals surface area contributed by atoms with Crippen LogP contribution >= 0.6 is 11.8 Å². The van der Waals surface area contributed by atoms with Crippen LogP contribution in [0.2, 0.25) is 0 Å². The van der Waals surface area contributed by atoms with E-state index in [4.69, 9.17) is 71.1 Å². The van der Waals surface area contributed by atoms with Crippen LogP contribution in [0.5, 0.6) is 0 Å². The Morgan fingerprint density at radius 3 is 1.65 bits per heavy atom. The van der Waals surface area contributed by atoms with Crippen LogP contribution in [-0.2, 0) is 124 Å². The van der Waals surface area contributed by atoms with Crippen molar-refractivity contribution in [3.63, 3.8) is 0 Å². The average Bonchev–Trinajstić information content (AvgIpc) is 3.36. The fourth-order valence-corrected chi connectivity index (χ4v) is 11.1. The number of hydrogen-bond acceptors (Lipinski definition) is 27. The Labute approximate surface area is 481 Å². The molecular weight excluding hydrogens is 1120 g/mol. The molecule has 0 saturated carbocycles. The predicted octanol–water partition coefficient (Wildman–Crippen LogP) is 2.10. The number of aromatic nitrogens is 1. The number of amides is 1. The normalized spacial score (nSPS) is 28.3. The largest absolute Gasteiger partial charge is 0.465 e. The first-order chi connectivity index (χ1) is 39.0. The van der Waals surface area contributed by atoms with Crippen LogP contribution in [-0.4, -0.2) is 188 Å². The topological polar surface area (TPSA) is 343 Å². The summed E-state index contributed by atoms with van der Waals surface area (Å²) in [5, 5.41) is 2.55. The second-order valence-electron chi connectivity index (χ2n) is 19.4. The van der Waals surface area contributed by atoms with Crippen molar-refractivity contribution >= 4 is 77.4 Å². The van der Waals surface area contributed by atoms with Gasteiger partial charge in [0.2, 0.25) is 5.91 Å². The van der Waals surface area contributed by atoms with Crippen molar-refractivity contribution in [3.05, 3.63) is 53.9 Å². The maximum absolute atomic E-state index is 14.9. The second kappa shape index (κ2) is 29.9. The van der Waals surface area contributed by atoms with Gasteiger partial charge in [0, 0.05) is 85.5 Å². The number of methoxy groups -OCH3 is 1. The highest BCUT2D eigenvalue weighted by atomic mass is 32.2. The van der Waals surface area contributed by atoms with E-state index in [-0.39, 0.29) is 0 Å². The molecule has 1 aromatic carbocycles. The lowest BCUT2D eigenvalue weighted by Gasteiger charge is -2.52. The summed E-state index contributed by atoms with van der Waals surface area (Å²) in [6, 6.07) is 9.98. The number of rotatable bonds is 23. The molecule has 0 radical (unpaired) electrons. The first-order valence-corrected chi connectivity index (χ1v) is 26.9. The second-order valence-corrected chi connectivity index (χ2v) is 20.6. The Morgan fingerprint density at radius 2 is 1.14 bits per heavy atom. The molecule has 0 aliphatic carbocycles. The molecule has 29 heteroatoms. The summed E-state index contributed by atoms with van der Waals surface area (Å²) < 4.78 is 91.9. The minimum absolute atomic E-state index is 0.569. The van der Waals surface area contributed by atoms with Crippen molar-refractivity contribution in [2.45, 2.75) is 191 Å².